The minimum absolute atomic E-state index is 0.0129. The van der Waals surface area contributed by atoms with Crippen molar-refractivity contribution in [1.82, 2.24) is 5.43 Å². The number of thioether (sulfide) groups is 1. The lowest BCUT2D eigenvalue weighted by molar-refractivity contribution is -0.136. The molecule has 0 heterocycles. The van der Waals surface area contributed by atoms with Crippen LogP contribution in [-0.2, 0) is 0 Å². The van der Waals surface area contributed by atoms with Crippen molar-refractivity contribution in [2.45, 2.75) is 30.0 Å². The van der Waals surface area contributed by atoms with Crippen LogP contribution in [0.15, 0.2) is 33.6 Å². The van der Waals surface area contributed by atoms with E-state index >= 15 is 0 Å². The maximum Gasteiger partial charge on any atom is 0.389 e. The van der Waals surface area contributed by atoms with Gasteiger partial charge in [0, 0.05) is 27.6 Å². The van der Waals surface area contributed by atoms with Gasteiger partial charge >= 0.3 is 6.18 Å². The quantitative estimate of drug-likeness (QED) is 0.470. The molecule has 1 atom stereocenters. The summed E-state index contributed by atoms with van der Waals surface area (Å²) in [5.74, 6) is 5.76. The molecule has 3 N–H and O–H groups in total. The molecular weight excluding hydrogens is 329 g/mol. The van der Waals surface area contributed by atoms with Gasteiger partial charge < -0.3 is 0 Å². The second-order valence-corrected chi connectivity index (χ2v) is 5.79. The van der Waals surface area contributed by atoms with Crippen LogP contribution in [0.25, 0.3) is 0 Å². The second-order valence-electron chi connectivity index (χ2n) is 3.79. The maximum absolute atomic E-state index is 12.1. The zero-order valence-electron chi connectivity index (χ0n) is 9.51. The van der Waals surface area contributed by atoms with Crippen molar-refractivity contribution in [3.63, 3.8) is 0 Å². The summed E-state index contributed by atoms with van der Waals surface area (Å²) in [5, 5.41) is 0. The number of hydrogen-bond donors (Lipinski definition) is 2. The van der Waals surface area contributed by atoms with Crippen LogP contribution in [0.2, 0.25) is 0 Å². The number of benzene rings is 1. The van der Waals surface area contributed by atoms with Gasteiger partial charge in [-0.15, -0.1) is 11.8 Å². The summed E-state index contributed by atoms with van der Waals surface area (Å²) in [6.07, 6.45) is -4.96. The molecule has 0 aliphatic rings. The largest absolute Gasteiger partial charge is 0.389 e. The molecule has 2 nitrogen and oxygen atoms in total. The first-order chi connectivity index (χ1) is 8.40. The van der Waals surface area contributed by atoms with Gasteiger partial charge in [0.15, 0.2) is 0 Å². The van der Waals surface area contributed by atoms with E-state index in [1.54, 1.807) is 0 Å². The lowest BCUT2D eigenvalue weighted by Gasteiger charge is -2.16. The fraction of sp³-hybridized carbons (Fsp3) is 0.455. The Labute approximate surface area is 117 Å². The lowest BCUT2D eigenvalue weighted by atomic mass is 10.2. The van der Waals surface area contributed by atoms with E-state index in [2.05, 4.69) is 21.4 Å². The van der Waals surface area contributed by atoms with Crippen LogP contribution < -0.4 is 11.3 Å². The molecule has 102 valence electrons. The van der Waals surface area contributed by atoms with E-state index in [0.717, 1.165) is 9.37 Å². The molecular formula is C11H14BrF3N2S. The highest BCUT2D eigenvalue weighted by Crippen LogP contribution is 2.26. The maximum atomic E-state index is 12.1. The van der Waals surface area contributed by atoms with Gasteiger partial charge in [-0.2, -0.15) is 13.2 Å². The van der Waals surface area contributed by atoms with Crippen molar-refractivity contribution in [1.29, 1.82) is 0 Å². The van der Waals surface area contributed by atoms with Crippen LogP contribution in [0.4, 0.5) is 13.2 Å². The third-order valence-electron chi connectivity index (χ3n) is 2.26. The first kappa shape index (κ1) is 15.8. The number of halogens is 4. The summed E-state index contributed by atoms with van der Waals surface area (Å²) in [5.41, 5.74) is 2.43. The van der Waals surface area contributed by atoms with E-state index in [1.807, 2.05) is 24.3 Å². The van der Waals surface area contributed by atoms with Gasteiger partial charge in [0.25, 0.3) is 0 Å². The van der Waals surface area contributed by atoms with Crippen LogP contribution in [0.1, 0.15) is 12.8 Å². The first-order valence-corrected chi connectivity index (χ1v) is 7.10. The Morgan fingerprint density at radius 2 is 2.11 bits per heavy atom. The second kappa shape index (κ2) is 7.37. The lowest BCUT2D eigenvalue weighted by Crippen LogP contribution is -2.37. The van der Waals surface area contributed by atoms with Gasteiger partial charge in [-0.25, -0.2) is 0 Å². The third-order valence-corrected chi connectivity index (χ3v) is 3.91. The molecule has 7 heteroatoms. The molecule has 1 unspecified atom stereocenters. The summed E-state index contributed by atoms with van der Waals surface area (Å²) in [4.78, 5) is 0.997. The predicted molar refractivity (Wildman–Crippen MR) is 71.3 cm³/mol. The summed E-state index contributed by atoms with van der Waals surface area (Å²) in [7, 11) is 0. The number of alkyl halides is 3. The van der Waals surface area contributed by atoms with Crippen molar-refractivity contribution in [2.75, 3.05) is 5.75 Å². The molecule has 1 aromatic carbocycles. The molecule has 0 fully saturated rings. The molecule has 0 amide bonds. The minimum atomic E-state index is -4.13. The van der Waals surface area contributed by atoms with E-state index in [0.29, 0.717) is 5.75 Å². The monoisotopic (exact) mass is 342 g/mol. The van der Waals surface area contributed by atoms with Gasteiger partial charge in [-0.1, -0.05) is 22.0 Å². The van der Waals surface area contributed by atoms with E-state index in [-0.39, 0.29) is 12.5 Å². The average Bonchev–Trinajstić information content (AvgIpc) is 2.28. The highest BCUT2D eigenvalue weighted by Gasteiger charge is 2.28. The zero-order valence-corrected chi connectivity index (χ0v) is 11.9. The number of hydrazine groups is 1. The summed E-state index contributed by atoms with van der Waals surface area (Å²) in [6, 6.07) is 7.25. The zero-order chi connectivity index (χ0) is 13.6. The Hall–Kier alpha value is -0.240. The van der Waals surface area contributed by atoms with Crippen LogP contribution in [-0.4, -0.2) is 18.0 Å². The Kier molecular flexibility index (Phi) is 6.48. The van der Waals surface area contributed by atoms with Crippen molar-refractivity contribution in [3.05, 3.63) is 28.7 Å². The molecule has 0 saturated carbocycles. The van der Waals surface area contributed by atoms with E-state index in [4.69, 9.17) is 5.84 Å². The molecule has 0 aliphatic carbocycles. The molecule has 1 aromatic rings. The van der Waals surface area contributed by atoms with E-state index in [9.17, 15) is 13.2 Å². The Balaban J connectivity index is 2.40. The Morgan fingerprint density at radius 3 is 2.67 bits per heavy atom. The van der Waals surface area contributed by atoms with Crippen molar-refractivity contribution in [2.24, 2.45) is 5.84 Å². The van der Waals surface area contributed by atoms with Gasteiger partial charge in [0.2, 0.25) is 0 Å². The summed E-state index contributed by atoms with van der Waals surface area (Å²) < 4.78 is 37.2. The van der Waals surface area contributed by atoms with Crippen LogP contribution in [0.5, 0.6) is 0 Å². The number of rotatable bonds is 6. The fourth-order valence-electron chi connectivity index (χ4n) is 1.31. The Morgan fingerprint density at radius 1 is 1.39 bits per heavy atom. The summed E-state index contributed by atoms with van der Waals surface area (Å²) in [6.45, 7) is 0. The average molecular weight is 343 g/mol. The molecule has 1 rings (SSSR count). The van der Waals surface area contributed by atoms with Gasteiger partial charge in [0.05, 0.1) is 0 Å². The predicted octanol–water partition coefficient (Wildman–Crippen LogP) is 3.72. The number of nitrogens with one attached hydrogen (secondary N) is 1. The van der Waals surface area contributed by atoms with Gasteiger partial charge in [0.1, 0.15) is 0 Å². The van der Waals surface area contributed by atoms with Gasteiger partial charge in [-0.05, 0) is 24.6 Å². The number of hydrogen-bond acceptors (Lipinski definition) is 3. The fourth-order valence-corrected chi connectivity index (χ4v) is 2.90. The van der Waals surface area contributed by atoms with Crippen molar-refractivity contribution in [3.8, 4) is 0 Å². The highest BCUT2D eigenvalue weighted by molar-refractivity contribution is 9.10. The van der Waals surface area contributed by atoms with Gasteiger partial charge in [-0.3, -0.25) is 11.3 Å². The van der Waals surface area contributed by atoms with Crippen LogP contribution in [0.3, 0.4) is 0 Å². The third kappa shape index (κ3) is 6.63. The topological polar surface area (TPSA) is 38.0 Å². The summed E-state index contributed by atoms with van der Waals surface area (Å²) >= 11 is 4.82. The first-order valence-electron chi connectivity index (χ1n) is 5.32. The van der Waals surface area contributed by atoms with Crippen molar-refractivity contribution >= 4 is 27.7 Å². The molecule has 0 spiro atoms. The molecule has 18 heavy (non-hydrogen) atoms. The van der Waals surface area contributed by atoms with Crippen LogP contribution in [0, 0.1) is 0 Å². The molecule has 0 aliphatic heterocycles. The normalized spacial score (nSPS) is 13.6. The minimum Gasteiger partial charge on any atom is -0.271 e. The highest BCUT2D eigenvalue weighted by atomic mass is 79.9. The molecule has 0 saturated heterocycles. The Bertz CT molecular complexity index is 374. The SMILES string of the molecule is NNC(CCC(F)(F)F)CSc1cccc(Br)c1. The standard InChI is InChI=1S/C11H14BrF3N2S/c12-8-2-1-3-10(6-8)18-7-9(17-16)4-5-11(13,14)15/h1-3,6,9,17H,4-5,7,16H2. The van der Waals surface area contributed by atoms with E-state index in [1.165, 1.54) is 11.8 Å². The smallest absolute Gasteiger partial charge is 0.271 e. The molecule has 0 aromatic heterocycles. The van der Waals surface area contributed by atoms with Crippen molar-refractivity contribution < 1.29 is 13.2 Å². The molecule has 0 bridgehead atoms. The number of nitrogens with two attached hydrogens (primary N) is 1. The van der Waals surface area contributed by atoms with E-state index < -0.39 is 12.6 Å². The molecule has 0 radical (unpaired) electrons. The van der Waals surface area contributed by atoms with Crippen LogP contribution >= 0.6 is 27.7 Å².